The lowest BCUT2D eigenvalue weighted by Gasteiger charge is -2.33. The molecule has 1 fully saturated rings. The van der Waals surface area contributed by atoms with Gasteiger partial charge >= 0.3 is 0 Å². The van der Waals surface area contributed by atoms with Gasteiger partial charge < -0.3 is 20.3 Å². The second-order valence-electron chi connectivity index (χ2n) is 4.91. The molecule has 0 amide bonds. The second kappa shape index (κ2) is 9.53. The Morgan fingerprint density at radius 2 is 2.11 bits per heavy atom. The van der Waals surface area contributed by atoms with Crippen LogP contribution in [0.2, 0.25) is 0 Å². The van der Waals surface area contributed by atoms with Crippen molar-refractivity contribution in [2.75, 3.05) is 39.9 Å². The van der Waals surface area contributed by atoms with Crippen molar-refractivity contribution in [2.24, 2.45) is 0 Å². The van der Waals surface area contributed by atoms with Crippen LogP contribution in [-0.4, -0.2) is 55.9 Å². The molecule has 1 saturated heterocycles. The van der Waals surface area contributed by atoms with Crippen LogP contribution >= 0.6 is 12.2 Å². The molecule has 1 atom stereocenters. The number of hydrogen-bond acceptors (Lipinski definition) is 3. The molecule has 0 radical (unpaired) electrons. The number of likely N-dealkylation sites (tertiary alicyclic amines) is 1. The van der Waals surface area contributed by atoms with Gasteiger partial charge in [-0.1, -0.05) is 6.42 Å². The summed E-state index contributed by atoms with van der Waals surface area (Å²) in [7, 11) is 1.69. The van der Waals surface area contributed by atoms with E-state index in [2.05, 4.69) is 22.5 Å². The molecule has 2 N–H and O–H groups in total. The van der Waals surface area contributed by atoms with Gasteiger partial charge in [0.1, 0.15) is 0 Å². The van der Waals surface area contributed by atoms with E-state index in [1.54, 1.807) is 7.11 Å². The summed E-state index contributed by atoms with van der Waals surface area (Å²) in [5.74, 6) is 0. The molecule has 0 bridgehead atoms. The van der Waals surface area contributed by atoms with Crippen LogP contribution in [0.15, 0.2) is 0 Å². The predicted octanol–water partition coefficient (Wildman–Crippen LogP) is 1.36. The maximum atomic E-state index is 5.17. The van der Waals surface area contributed by atoms with Crippen molar-refractivity contribution in [3.63, 3.8) is 0 Å². The molecule has 4 nitrogen and oxygen atoms in total. The Balaban J connectivity index is 1.98. The van der Waals surface area contributed by atoms with Crippen molar-refractivity contribution in [3.8, 4) is 0 Å². The van der Waals surface area contributed by atoms with Gasteiger partial charge in [-0.2, -0.15) is 0 Å². The summed E-state index contributed by atoms with van der Waals surface area (Å²) in [6, 6.07) is 0.755. The standard InChI is InChI=1S/C13H27N3OS/c1-12-6-3-4-9-16(12)10-5-7-14-13(18)15-8-11-17-2/h12H,3-11H2,1-2H3,(H2,14,15,18). The van der Waals surface area contributed by atoms with Crippen LogP contribution in [0.4, 0.5) is 0 Å². The summed E-state index contributed by atoms with van der Waals surface area (Å²) in [4.78, 5) is 2.59. The normalized spacial score (nSPS) is 20.7. The minimum atomic E-state index is 0.688. The summed E-state index contributed by atoms with van der Waals surface area (Å²) in [6.45, 7) is 7.18. The Kier molecular flexibility index (Phi) is 8.29. The number of thiocarbonyl (C=S) groups is 1. The number of nitrogens with zero attached hydrogens (tertiary/aromatic N) is 1. The van der Waals surface area contributed by atoms with E-state index in [1.807, 2.05) is 0 Å². The largest absolute Gasteiger partial charge is 0.383 e. The number of rotatable bonds is 7. The smallest absolute Gasteiger partial charge is 0.166 e. The first-order valence-corrected chi connectivity index (χ1v) is 7.39. The summed E-state index contributed by atoms with van der Waals surface area (Å²) >= 11 is 5.17. The third-order valence-corrected chi connectivity index (χ3v) is 3.73. The quantitative estimate of drug-likeness (QED) is 0.541. The fourth-order valence-electron chi connectivity index (χ4n) is 2.30. The number of methoxy groups -OCH3 is 1. The lowest BCUT2D eigenvalue weighted by molar-refractivity contribution is 0.159. The first-order valence-electron chi connectivity index (χ1n) is 6.98. The molecule has 106 valence electrons. The van der Waals surface area contributed by atoms with Gasteiger partial charge in [-0.15, -0.1) is 0 Å². The zero-order chi connectivity index (χ0) is 13.2. The van der Waals surface area contributed by atoms with Gasteiger partial charge in [0.2, 0.25) is 0 Å². The van der Waals surface area contributed by atoms with Gasteiger partial charge in [-0.3, -0.25) is 0 Å². The minimum Gasteiger partial charge on any atom is -0.383 e. The van der Waals surface area contributed by atoms with Gasteiger partial charge in [0.05, 0.1) is 6.61 Å². The highest BCUT2D eigenvalue weighted by atomic mass is 32.1. The zero-order valence-corrected chi connectivity index (χ0v) is 12.5. The summed E-state index contributed by atoms with van der Waals surface area (Å²) < 4.78 is 4.95. The Morgan fingerprint density at radius 1 is 1.33 bits per heavy atom. The first kappa shape index (κ1) is 15.7. The molecule has 0 aromatic rings. The molecule has 0 aromatic heterocycles. The topological polar surface area (TPSA) is 36.5 Å². The predicted molar refractivity (Wildman–Crippen MR) is 80.0 cm³/mol. The van der Waals surface area contributed by atoms with E-state index in [0.717, 1.165) is 30.7 Å². The monoisotopic (exact) mass is 273 g/mol. The van der Waals surface area contributed by atoms with Crippen molar-refractivity contribution in [1.82, 2.24) is 15.5 Å². The third kappa shape index (κ3) is 6.52. The van der Waals surface area contributed by atoms with Gasteiger partial charge in [0.15, 0.2) is 5.11 Å². The molecule has 0 aliphatic carbocycles. The molecule has 5 heteroatoms. The number of hydrogen-bond donors (Lipinski definition) is 2. The Hall–Kier alpha value is -0.390. The number of ether oxygens (including phenoxy) is 1. The SMILES string of the molecule is COCCNC(=S)NCCCN1CCCCC1C. The van der Waals surface area contributed by atoms with Crippen LogP contribution in [-0.2, 0) is 4.74 Å². The summed E-state index contributed by atoms with van der Waals surface area (Å²) in [5.41, 5.74) is 0. The van der Waals surface area contributed by atoms with Crippen LogP contribution in [0.3, 0.4) is 0 Å². The molecule has 1 unspecified atom stereocenters. The average Bonchev–Trinajstić information content (AvgIpc) is 2.37. The summed E-state index contributed by atoms with van der Waals surface area (Å²) in [6.07, 6.45) is 5.25. The molecule has 1 aliphatic heterocycles. The Morgan fingerprint density at radius 3 is 2.83 bits per heavy atom. The molecular formula is C13H27N3OS. The highest BCUT2D eigenvalue weighted by Crippen LogP contribution is 2.15. The van der Waals surface area contributed by atoms with Crippen molar-refractivity contribution < 1.29 is 4.74 Å². The fraction of sp³-hybridized carbons (Fsp3) is 0.923. The lowest BCUT2D eigenvalue weighted by Crippen LogP contribution is -2.41. The van der Waals surface area contributed by atoms with E-state index < -0.39 is 0 Å². The van der Waals surface area contributed by atoms with Crippen molar-refractivity contribution in [2.45, 2.75) is 38.6 Å². The van der Waals surface area contributed by atoms with E-state index in [1.165, 1.54) is 32.4 Å². The average molecular weight is 273 g/mol. The van der Waals surface area contributed by atoms with Gasteiger partial charge in [0, 0.05) is 32.8 Å². The molecule has 0 spiro atoms. The van der Waals surface area contributed by atoms with E-state index in [-0.39, 0.29) is 0 Å². The van der Waals surface area contributed by atoms with E-state index in [0.29, 0.717) is 6.61 Å². The Labute approximate surface area is 116 Å². The first-order chi connectivity index (χ1) is 8.74. The second-order valence-corrected chi connectivity index (χ2v) is 5.32. The molecular weight excluding hydrogens is 246 g/mol. The van der Waals surface area contributed by atoms with Crippen LogP contribution in [0.25, 0.3) is 0 Å². The Bertz CT molecular complexity index is 238. The highest BCUT2D eigenvalue weighted by molar-refractivity contribution is 7.80. The highest BCUT2D eigenvalue weighted by Gasteiger charge is 2.16. The molecule has 0 saturated carbocycles. The van der Waals surface area contributed by atoms with Crippen LogP contribution in [0.1, 0.15) is 32.6 Å². The maximum absolute atomic E-state index is 5.17. The van der Waals surface area contributed by atoms with E-state index in [4.69, 9.17) is 17.0 Å². The zero-order valence-electron chi connectivity index (χ0n) is 11.7. The number of nitrogens with one attached hydrogen (secondary N) is 2. The van der Waals surface area contributed by atoms with Crippen molar-refractivity contribution >= 4 is 17.3 Å². The van der Waals surface area contributed by atoms with Gasteiger partial charge in [-0.05, 0) is 44.9 Å². The van der Waals surface area contributed by atoms with Gasteiger partial charge in [0.25, 0.3) is 0 Å². The summed E-state index contributed by atoms with van der Waals surface area (Å²) in [5, 5.41) is 7.08. The van der Waals surface area contributed by atoms with Crippen molar-refractivity contribution in [3.05, 3.63) is 0 Å². The fourth-order valence-corrected chi connectivity index (χ4v) is 2.51. The molecule has 1 rings (SSSR count). The van der Waals surface area contributed by atoms with Crippen molar-refractivity contribution in [1.29, 1.82) is 0 Å². The van der Waals surface area contributed by atoms with E-state index in [9.17, 15) is 0 Å². The minimum absolute atomic E-state index is 0.688. The molecule has 18 heavy (non-hydrogen) atoms. The lowest BCUT2D eigenvalue weighted by atomic mass is 10.0. The van der Waals surface area contributed by atoms with Crippen LogP contribution in [0, 0.1) is 0 Å². The maximum Gasteiger partial charge on any atom is 0.166 e. The van der Waals surface area contributed by atoms with E-state index >= 15 is 0 Å². The van der Waals surface area contributed by atoms with Crippen LogP contribution in [0.5, 0.6) is 0 Å². The third-order valence-electron chi connectivity index (χ3n) is 3.44. The molecule has 1 aliphatic rings. The molecule has 1 heterocycles. The number of piperidine rings is 1. The molecule has 0 aromatic carbocycles. The van der Waals surface area contributed by atoms with Crippen LogP contribution < -0.4 is 10.6 Å². The van der Waals surface area contributed by atoms with Gasteiger partial charge in [-0.25, -0.2) is 0 Å².